The van der Waals surface area contributed by atoms with E-state index >= 15 is 0 Å². The number of benzene rings is 1. The van der Waals surface area contributed by atoms with Gasteiger partial charge in [0, 0.05) is 12.8 Å². The number of methoxy groups -OCH3 is 1. The number of rotatable bonds is 6. The minimum absolute atomic E-state index is 0.399. The van der Waals surface area contributed by atoms with Crippen molar-refractivity contribution < 1.29 is 19.4 Å². The molecule has 1 aromatic rings. The van der Waals surface area contributed by atoms with Gasteiger partial charge < -0.3 is 20.9 Å². The highest BCUT2D eigenvalue weighted by atomic mass is 16.5. The van der Waals surface area contributed by atoms with E-state index in [-0.39, 0.29) is 0 Å². The number of carboxylic acid groups (broad SMARTS) is 1. The molecule has 0 fully saturated rings. The molecular formula is C12H16N2O4. The van der Waals surface area contributed by atoms with E-state index in [0.29, 0.717) is 12.3 Å². The molecule has 0 aliphatic rings. The number of amides is 1. The number of carbonyl (C=O) groups is 2. The van der Waals surface area contributed by atoms with Crippen LogP contribution in [0, 0.1) is 0 Å². The van der Waals surface area contributed by atoms with Crippen LogP contribution in [0.3, 0.4) is 0 Å². The number of hydrogen-bond acceptors (Lipinski definition) is 4. The summed E-state index contributed by atoms with van der Waals surface area (Å²) in [4.78, 5) is 22.0. The Balaban J connectivity index is 2.63. The molecule has 0 spiro atoms. The number of hydrogen-bond donors (Lipinski definition) is 3. The van der Waals surface area contributed by atoms with Crippen molar-refractivity contribution in [1.82, 2.24) is 0 Å². The lowest BCUT2D eigenvalue weighted by Crippen LogP contribution is -2.37. The summed E-state index contributed by atoms with van der Waals surface area (Å²) in [6.07, 6.45) is -0.399. The predicted octanol–water partition coefficient (Wildman–Crippen LogP) is 0.573. The molecule has 0 saturated carbocycles. The van der Waals surface area contributed by atoms with Crippen LogP contribution >= 0.6 is 0 Å². The van der Waals surface area contributed by atoms with E-state index < -0.39 is 24.3 Å². The van der Waals surface area contributed by atoms with Gasteiger partial charge in [0.25, 0.3) is 0 Å². The minimum Gasteiger partial charge on any atom is -0.481 e. The van der Waals surface area contributed by atoms with Gasteiger partial charge in [0.2, 0.25) is 5.91 Å². The van der Waals surface area contributed by atoms with Crippen LogP contribution in [0.25, 0.3) is 0 Å². The van der Waals surface area contributed by atoms with Gasteiger partial charge in [-0.2, -0.15) is 0 Å². The largest absolute Gasteiger partial charge is 0.481 e. The molecular weight excluding hydrogens is 236 g/mol. The van der Waals surface area contributed by atoms with Crippen molar-refractivity contribution in [3.05, 3.63) is 29.8 Å². The second-order valence-corrected chi connectivity index (χ2v) is 3.83. The average molecular weight is 252 g/mol. The fourth-order valence-corrected chi connectivity index (χ4v) is 1.42. The van der Waals surface area contributed by atoms with Crippen molar-refractivity contribution in [1.29, 1.82) is 0 Å². The maximum absolute atomic E-state index is 11.6. The first kappa shape index (κ1) is 14.1. The van der Waals surface area contributed by atoms with Gasteiger partial charge >= 0.3 is 5.97 Å². The fraction of sp³-hybridized carbons (Fsp3) is 0.333. The molecule has 0 bridgehead atoms. The van der Waals surface area contributed by atoms with E-state index in [2.05, 4.69) is 5.32 Å². The molecule has 0 saturated heterocycles. The molecule has 0 radical (unpaired) electrons. The topological polar surface area (TPSA) is 102 Å². The normalized spacial score (nSPS) is 11.9. The Labute approximate surface area is 105 Å². The quantitative estimate of drug-likeness (QED) is 0.687. The van der Waals surface area contributed by atoms with Crippen LogP contribution in [0.1, 0.15) is 12.0 Å². The van der Waals surface area contributed by atoms with E-state index in [1.54, 1.807) is 25.3 Å². The summed E-state index contributed by atoms with van der Waals surface area (Å²) in [6, 6.07) is 6.01. The first-order valence-electron chi connectivity index (χ1n) is 5.39. The highest BCUT2D eigenvalue weighted by molar-refractivity contribution is 5.96. The zero-order valence-corrected chi connectivity index (χ0v) is 10.1. The molecule has 1 amide bonds. The van der Waals surface area contributed by atoms with Crippen LogP contribution in [0.2, 0.25) is 0 Å². The zero-order chi connectivity index (χ0) is 13.5. The third kappa shape index (κ3) is 4.52. The third-order valence-electron chi connectivity index (χ3n) is 2.24. The Morgan fingerprint density at radius 2 is 2.22 bits per heavy atom. The molecule has 1 unspecified atom stereocenters. The second kappa shape index (κ2) is 6.73. The van der Waals surface area contributed by atoms with Crippen LogP contribution in [-0.2, 0) is 20.9 Å². The molecule has 6 nitrogen and oxygen atoms in total. The van der Waals surface area contributed by atoms with Crippen molar-refractivity contribution in [3.63, 3.8) is 0 Å². The summed E-state index contributed by atoms with van der Waals surface area (Å²) in [5, 5.41) is 11.1. The van der Waals surface area contributed by atoms with Gasteiger partial charge in [-0.05, 0) is 17.7 Å². The maximum Gasteiger partial charge on any atom is 0.305 e. The molecule has 0 heterocycles. The number of ether oxygens (including phenoxy) is 1. The molecule has 1 rings (SSSR count). The van der Waals surface area contributed by atoms with Crippen LogP contribution in [0.5, 0.6) is 0 Å². The van der Waals surface area contributed by atoms with E-state index in [0.717, 1.165) is 5.56 Å². The first-order valence-corrected chi connectivity index (χ1v) is 5.39. The zero-order valence-electron chi connectivity index (χ0n) is 10.1. The standard InChI is InChI=1S/C12H16N2O4/c1-18-7-8-3-2-4-9(5-8)14-12(17)10(13)6-11(15)16/h2-5,10H,6-7,13H2,1H3,(H,14,17)(H,15,16). The molecule has 1 atom stereocenters. The van der Waals surface area contributed by atoms with Crippen molar-refractivity contribution in [3.8, 4) is 0 Å². The summed E-state index contributed by atoms with van der Waals surface area (Å²) < 4.78 is 4.97. The lowest BCUT2D eigenvalue weighted by molar-refractivity contribution is -0.138. The Hall–Kier alpha value is -1.92. The Morgan fingerprint density at radius 1 is 1.50 bits per heavy atom. The summed E-state index contributed by atoms with van der Waals surface area (Å²) in [5.74, 6) is -1.63. The smallest absolute Gasteiger partial charge is 0.305 e. The molecule has 0 aliphatic heterocycles. The molecule has 98 valence electrons. The minimum atomic E-state index is -1.11. The predicted molar refractivity (Wildman–Crippen MR) is 66.0 cm³/mol. The number of nitrogens with two attached hydrogens (primary N) is 1. The number of anilines is 1. The molecule has 0 aromatic heterocycles. The van der Waals surface area contributed by atoms with Crippen LogP contribution in [0.4, 0.5) is 5.69 Å². The lowest BCUT2D eigenvalue weighted by atomic mass is 10.2. The summed E-state index contributed by atoms with van der Waals surface area (Å²) >= 11 is 0. The number of carbonyl (C=O) groups excluding carboxylic acids is 1. The van der Waals surface area contributed by atoms with Gasteiger partial charge in [0.15, 0.2) is 0 Å². The van der Waals surface area contributed by atoms with E-state index in [4.69, 9.17) is 15.6 Å². The highest BCUT2D eigenvalue weighted by Gasteiger charge is 2.16. The second-order valence-electron chi connectivity index (χ2n) is 3.83. The molecule has 1 aromatic carbocycles. The first-order chi connectivity index (χ1) is 8.52. The number of carboxylic acids is 1. The SMILES string of the molecule is COCc1cccc(NC(=O)C(N)CC(=O)O)c1. The maximum atomic E-state index is 11.6. The summed E-state index contributed by atoms with van der Waals surface area (Å²) in [6.45, 7) is 0.435. The number of aliphatic carboxylic acids is 1. The van der Waals surface area contributed by atoms with E-state index in [9.17, 15) is 9.59 Å². The van der Waals surface area contributed by atoms with Crippen LogP contribution in [0.15, 0.2) is 24.3 Å². The molecule has 4 N–H and O–H groups in total. The van der Waals surface area contributed by atoms with Crippen LogP contribution < -0.4 is 11.1 Å². The van der Waals surface area contributed by atoms with Gasteiger partial charge in [0.05, 0.1) is 19.1 Å². The van der Waals surface area contributed by atoms with E-state index in [1.165, 1.54) is 0 Å². The summed E-state index contributed by atoms with van der Waals surface area (Å²) in [5.41, 5.74) is 6.92. The highest BCUT2D eigenvalue weighted by Crippen LogP contribution is 2.11. The average Bonchev–Trinajstić information content (AvgIpc) is 2.29. The Morgan fingerprint density at radius 3 is 2.83 bits per heavy atom. The Kier molecular flexibility index (Phi) is 5.29. The third-order valence-corrected chi connectivity index (χ3v) is 2.24. The monoisotopic (exact) mass is 252 g/mol. The van der Waals surface area contributed by atoms with Gasteiger partial charge in [-0.1, -0.05) is 12.1 Å². The molecule has 18 heavy (non-hydrogen) atoms. The lowest BCUT2D eigenvalue weighted by Gasteiger charge is -2.11. The fourth-order valence-electron chi connectivity index (χ4n) is 1.42. The van der Waals surface area contributed by atoms with Gasteiger partial charge in [0.1, 0.15) is 0 Å². The van der Waals surface area contributed by atoms with Crippen molar-refractivity contribution in [2.75, 3.05) is 12.4 Å². The van der Waals surface area contributed by atoms with Crippen molar-refractivity contribution >= 4 is 17.6 Å². The van der Waals surface area contributed by atoms with E-state index in [1.807, 2.05) is 6.07 Å². The Bertz CT molecular complexity index is 434. The molecule has 6 heteroatoms. The molecule has 0 aliphatic carbocycles. The van der Waals surface area contributed by atoms with Gasteiger partial charge in [-0.25, -0.2) is 0 Å². The van der Waals surface area contributed by atoms with Crippen molar-refractivity contribution in [2.45, 2.75) is 19.1 Å². The summed E-state index contributed by atoms with van der Waals surface area (Å²) in [7, 11) is 1.58. The van der Waals surface area contributed by atoms with Gasteiger partial charge in [-0.15, -0.1) is 0 Å². The van der Waals surface area contributed by atoms with Crippen LogP contribution in [-0.4, -0.2) is 30.1 Å². The van der Waals surface area contributed by atoms with Gasteiger partial charge in [-0.3, -0.25) is 9.59 Å². The van der Waals surface area contributed by atoms with Crippen molar-refractivity contribution in [2.24, 2.45) is 5.73 Å². The number of nitrogens with one attached hydrogen (secondary N) is 1.